The zero-order valence-corrected chi connectivity index (χ0v) is 15.1. The fraction of sp³-hybridized carbons (Fsp3) is 0.600. The first kappa shape index (κ1) is 17.0. The summed E-state index contributed by atoms with van der Waals surface area (Å²) in [6.45, 7) is 3.06. The monoisotopic (exact) mass is 346 g/mol. The van der Waals surface area contributed by atoms with Crippen molar-refractivity contribution in [1.82, 2.24) is 0 Å². The predicted octanol–water partition coefficient (Wildman–Crippen LogP) is 2.32. The molecule has 2 heterocycles. The standard InChI is InChI=1S/C20H28NO4/c1-21(2,15-3-7-17(8-4-15)22-11-19-13-24-19)16-5-9-18(10-6-16)23-12-20-14-25-20/h3-5,7,9-10,16-17,19-20H,6,8,11-14H2,1-2H3/q+1. The molecule has 0 spiro atoms. The van der Waals surface area contributed by atoms with Crippen molar-refractivity contribution in [2.75, 3.05) is 40.5 Å². The van der Waals surface area contributed by atoms with Crippen LogP contribution in [-0.4, -0.2) is 69.4 Å². The van der Waals surface area contributed by atoms with Gasteiger partial charge in [-0.1, -0.05) is 0 Å². The molecule has 0 aromatic carbocycles. The van der Waals surface area contributed by atoms with Gasteiger partial charge in [0.25, 0.3) is 0 Å². The van der Waals surface area contributed by atoms with Gasteiger partial charge in [-0.2, -0.15) is 0 Å². The van der Waals surface area contributed by atoms with Gasteiger partial charge in [0.05, 0.1) is 40.0 Å². The van der Waals surface area contributed by atoms with E-state index in [4.69, 9.17) is 18.9 Å². The van der Waals surface area contributed by atoms with Gasteiger partial charge in [0.1, 0.15) is 36.3 Å². The maximum atomic E-state index is 5.87. The van der Waals surface area contributed by atoms with Crippen LogP contribution in [0.5, 0.6) is 0 Å². The summed E-state index contributed by atoms with van der Waals surface area (Å²) in [5.74, 6) is 0.968. The lowest BCUT2D eigenvalue weighted by Gasteiger charge is -2.38. The number of quaternary nitrogens is 1. The first-order valence-corrected chi connectivity index (χ1v) is 9.20. The predicted molar refractivity (Wildman–Crippen MR) is 94.7 cm³/mol. The number of nitrogens with zero attached hydrogens (tertiary/aromatic N) is 1. The Kier molecular flexibility index (Phi) is 4.82. The second-order valence-corrected chi connectivity index (χ2v) is 7.63. The van der Waals surface area contributed by atoms with E-state index in [-0.39, 0.29) is 6.10 Å². The van der Waals surface area contributed by atoms with E-state index in [2.05, 4.69) is 50.6 Å². The Balaban J connectivity index is 1.29. The average Bonchev–Trinajstić information content (AvgIpc) is 3.54. The summed E-state index contributed by atoms with van der Waals surface area (Å²) in [5.41, 5.74) is 1.33. The Hall–Kier alpha value is -1.40. The van der Waals surface area contributed by atoms with Gasteiger partial charge in [-0.3, -0.25) is 4.48 Å². The molecule has 2 aliphatic carbocycles. The summed E-state index contributed by atoms with van der Waals surface area (Å²) in [6.07, 6.45) is 16.0. The molecule has 4 aliphatic rings. The van der Waals surface area contributed by atoms with E-state index in [0.717, 1.165) is 36.3 Å². The minimum Gasteiger partial charge on any atom is -0.491 e. The summed E-state index contributed by atoms with van der Waals surface area (Å²) in [5, 5.41) is 0. The molecule has 0 amide bonds. The highest BCUT2D eigenvalue weighted by atomic mass is 16.6. The maximum Gasteiger partial charge on any atom is 0.128 e. The van der Waals surface area contributed by atoms with Crippen molar-refractivity contribution in [1.29, 1.82) is 0 Å². The van der Waals surface area contributed by atoms with Gasteiger partial charge in [-0.05, 0) is 36.5 Å². The van der Waals surface area contributed by atoms with E-state index in [1.807, 2.05) is 0 Å². The summed E-state index contributed by atoms with van der Waals surface area (Å²) >= 11 is 0. The van der Waals surface area contributed by atoms with E-state index in [1.54, 1.807) is 0 Å². The molecule has 5 heteroatoms. The Labute approximate surface area is 149 Å². The third-order valence-corrected chi connectivity index (χ3v) is 5.32. The number of likely N-dealkylation sites (N-methyl/N-ethyl adjacent to an activating group) is 1. The molecule has 4 rings (SSSR count). The number of hydrogen-bond donors (Lipinski definition) is 0. The molecule has 2 fully saturated rings. The Bertz CT molecular complexity index is 611. The van der Waals surface area contributed by atoms with Crippen molar-refractivity contribution in [3.8, 4) is 0 Å². The van der Waals surface area contributed by atoms with Crippen LogP contribution in [0.25, 0.3) is 0 Å². The molecule has 4 atom stereocenters. The first-order valence-electron chi connectivity index (χ1n) is 9.20. The molecule has 2 saturated heterocycles. The van der Waals surface area contributed by atoms with E-state index < -0.39 is 0 Å². The number of ether oxygens (including phenoxy) is 4. The van der Waals surface area contributed by atoms with Crippen LogP contribution >= 0.6 is 0 Å². The van der Waals surface area contributed by atoms with Gasteiger partial charge in [-0.15, -0.1) is 0 Å². The molecular weight excluding hydrogens is 318 g/mol. The van der Waals surface area contributed by atoms with Crippen molar-refractivity contribution in [3.63, 3.8) is 0 Å². The summed E-state index contributed by atoms with van der Waals surface area (Å²) < 4.78 is 22.8. The minimum absolute atomic E-state index is 0.180. The lowest BCUT2D eigenvalue weighted by Crippen LogP contribution is -2.47. The SMILES string of the molecule is C[N+](C)(C1=CCC(OCC2CO2)C=C1)C1C=CC(OCC2CO2)=CC1. The lowest BCUT2D eigenvalue weighted by atomic mass is 10.0. The summed E-state index contributed by atoms with van der Waals surface area (Å²) in [7, 11) is 4.53. The highest BCUT2D eigenvalue weighted by Crippen LogP contribution is 2.29. The van der Waals surface area contributed by atoms with E-state index in [0.29, 0.717) is 31.5 Å². The van der Waals surface area contributed by atoms with Crippen LogP contribution in [-0.2, 0) is 18.9 Å². The van der Waals surface area contributed by atoms with Crippen LogP contribution in [0, 0.1) is 0 Å². The van der Waals surface area contributed by atoms with Crippen LogP contribution < -0.4 is 0 Å². The van der Waals surface area contributed by atoms with Crippen LogP contribution in [0.1, 0.15) is 12.8 Å². The average molecular weight is 346 g/mol. The Morgan fingerprint density at radius 3 is 2.36 bits per heavy atom. The molecule has 25 heavy (non-hydrogen) atoms. The van der Waals surface area contributed by atoms with Gasteiger partial charge in [0, 0.05) is 12.8 Å². The van der Waals surface area contributed by atoms with Crippen LogP contribution in [0.3, 0.4) is 0 Å². The molecule has 0 N–H and O–H groups in total. The molecule has 5 nitrogen and oxygen atoms in total. The van der Waals surface area contributed by atoms with Gasteiger partial charge < -0.3 is 18.9 Å². The molecule has 0 aromatic rings. The molecule has 4 unspecified atom stereocenters. The van der Waals surface area contributed by atoms with Crippen molar-refractivity contribution in [2.45, 2.75) is 37.2 Å². The quantitative estimate of drug-likeness (QED) is 0.500. The molecule has 136 valence electrons. The van der Waals surface area contributed by atoms with E-state index in [9.17, 15) is 0 Å². The minimum atomic E-state index is 0.180. The number of allylic oxidation sites excluding steroid dienone is 2. The second-order valence-electron chi connectivity index (χ2n) is 7.63. The fourth-order valence-corrected chi connectivity index (χ4v) is 3.26. The highest BCUT2D eigenvalue weighted by molar-refractivity contribution is 5.23. The highest BCUT2D eigenvalue weighted by Gasteiger charge is 2.32. The van der Waals surface area contributed by atoms with Crippen molar-refractivity contribution < 1.29 is 23.4 Å². The number of rotatable bonds is 8. The molecular formula is C20H28NO4+. The summed E-state index contributed by atoms with van der Waals surface area (Å²) in [4.78, 5) is 0. The number of hydrogen-bond acceptors (Lipinski definition) is 4. The third-order valence-electron chi connectivity index (χ3n) is 5.32. The molecule has 0 bridgehead atoms. The maximum absolute atomic E-state index is 5.87. The van der Waals surface area contributed by atoms with Gasteiger partial charge in [0.15, 0.2) is 0 Å². The summed E-state index contributed by atoms with van der Waals surface area (Å²) in [6, 6.07) is 0.415. The number of epoxide rings is 2. The van der Waals surface area contributed by atoms with Gasteiger partial charge in [-0.25, -0.2) is 0 Å². The normalized spacial score (nSPS) is 33.7. The Morgan fingerprint density at radius 2 is 1.76 bits per heavy atom. The van der Waals surface area contributed by atoms with Crippen LogP contribution in [0.15, 0.2) is 47.9 Å². The van der Waals surface area contributed by atoms with E-state index in [1.165, 1.54) is 5.70 Å². The van der Waals surface area contributed by atoms with Gasteiger partial charge in [0.2, 0.25) is 0 Å². The third kappa shape index (κ3) is 4.42. The molecule has 0 saturated carbocycles. The van der Waals surface area contributed by atoms with Crippen molar-refractivity contribution in [3.05, 3.63) is 47.9 Å². The van der Waals surface area contributed by atoms with Crippen LogP contribution in [0.4, 0.5) is 0 Å². The first-order chi connectivity index (χ1) is 12.1. The zero-order chi connectivity index (χ0) is 17.3. The largest absolute Gasteiger partial charge is 0.491 e. The topological polar surface area (TPSA) is 43.5 Å². The smallest absolute Gasteiger partial charge is 0.128 e. The fourth-order valence-electron chi connectivity index (χ4n) is 3.26. The Morgan fingerprint density at radius 1 is 1.00 bits per heavy atom. The van der Waals surface area contributed by atoms with Crippen molar-refractivity contribution in [2.24, 2.45) is 0 Å². The van der Waals surface area contributed by atoms with Crippen LogP contribution in [0.2, 0.25) is 0 Å². The second kappa shape index (κ2) is 7.08. The lowest BCUT2D eigenvalue weighted by molar-refractivity contribution is -0.868. The zero-order valence-electron chi connectivity index (χ0n) is 15.1. The molecule has 0 aromatic heterocycles. The van der Waals surface area contributed by atoms with Gasteiger partial charge >= 0.3 is 0 Å². The molecule has 0 radical (unpaired) electrons. The van der Waals surface area contributed by atoms with Crippen molar-refractivity contribution >= 4 is 0 Å². The van der Waals surface area contributed by atoms with E-state index >= 15 is 0 Å². The molecule has 2 aliphatic heterocycles.